The molecule has 2 fully saturated rings. The molecule has 9 nitrogen and oxygen atoms in total. The Labute approximate surface area is 169 Å². The van der Waals surface area contributed by atoms with Crippen molar-refractivity contribution in [1.82, 2.24) is 15.0 Å². The van der Waals surface area contributed by atoms with E-state index in [1.807, 2.05) is 4.90 Å². The Kier molecular flexibility index (Phi) is 5.33. The van der Waals surface area contributed by atoms with Gasteiger partial charge in [-0.2, -0.15) is 13.2 Å². The van der Waals surface area contributed by atoms with Gasteiger partial charge in [0.1, 0.15) is 5.75 Å². The molecule has 2 aromatic rings. The summed E-state index contributed by atoms with van der Waals surface area (Å²) < 4.78 is 46.7. The van der Waals surface area contributed by atoms with Crippen LogP contribution in [0.15, 0.2) is 30.7 Å². The molecule has 2 aliphatic rings. The van der Waals surface area contributed by atoms with E-state index in [1.54, 1.807) is 12.4 Å². The van der Waals surface area contributed by atoms with Crippen molar-refractivity contribution in [2.24, 2.45) is 0 Å². The fourth-order valence-electron chi connectivity index (χ4n) is 3.10. The van der Waals surface area contributed by atoms with Gasteiger partial charge in [-0.3, -0.25) is 4.79 Å². The van der Waals surface area contributed by atoms with Crippen LogP contribution in [0.4, 0.5) is 24.8 Å². The number of halogens is 3. The third-order valence-corrected chi connectivity index (χ3v) is 4.61. The van der Waals surface area contributed by atoms with Gasteiger partial charge in [-0.1, -0.05) is 0 Å². The third kappa shape index (κ3) is 4.53. The van der Waals surface area contributed by atoms with Gasteiger partial charge in [0, 0.05) is 32.1 Å². The van der Waals surface area contributed by atoms with E-state index >= 15 is 0 Å². The number of alkyl halides is 3. The van der Waals surface area contributed by atoms with Crippen LogP contribution in [0.3, 0.4) is 0 Å². The van der Waals surface area contributed by atoms with Crippen LogP contribution in [0.25, 0.3) is 0 Å². The number of aromatic nitrogens is 3. The molecular weight excluding hydrogens is 407 g/mol. The lowest BCUT2D eigenvalue weighted by atomic mass is 10.2. The quantitative estimate of drug-likeness (QED) is 0.737. The van der Waals surface area contributed by atoms with Gasteiger partial charge >= 0.3 is 6.18 Å². The minimum absolute atomic E-state index is 0.189. The second kappa shape index (κ2) is 7.94. The molecule has 160 valence electrons. The number of rotatable bonds is 6. The number of nitrogens with zero attached hydrogens (tertiary/aromatic N) is 5. The summed E-state index contributed by atoms with van der Waals surface area (Å²) in [7, 11) is 0. The lowest BCUT2D eigenvalue weighted by Gasteiger charge is -2.35. The number of hydrogen-bond donors (Lipinski definition) is 1. The van der Waals surface area contributed by atoms with Crippen molar-refractivity contribution in [2.75, 3.05) is 36.0 Å². The van der Waals surface area contributed by atoms with Crippen molar-refractivity contribution in [3.8, 4) is 11.6 Å². The topological polar surface area (TPSA) is 101 Å². The Balaban J connectivity index is 1.33. The smallest absolute Gasteiger partial charge is 0.422 e. The fraction of sp³-hybridized carbons (Fsp3) is 0.444. The number of anilines is 2. The predicted molar refractivity (Wildman–Crippen MR) is 97.4 cm³/mol. The lowest BCUT2D eigenvalue weighted by Crippen LogP contribution is -2.51. The van der Waals surface area contributed by atoms with Crippen molar-refractivity contribution in [1.29, 1.82) is 0 Å². The first-order valence-electron chi connectivity index (χ1n) is 9.17. The first-order valence-corrected chi connectivity index (χ1v) is 9.17. The molecule has 0 bridgehead atoms. The molecule has 12 heteroatoms. The summed E-state index contributed by atoms with van der Waals surface area (Å²) >= 11 is 0. The lowest BCUT2D eigenvalue weighted by molar-refractivity contribution is -0.154. The number of carbonyl (C=O) groups is 1. The van der Waals surface area contributed by atoms with E-state index in [1.165, 1.54) is 23.2 Å². The van der Waals surface area contributed by atoms with Crippen molar-refractivity contribution in [2.45, 2.75) is 24.8 Å². The normalized spacial score (nSPS) is 19.7. The fourth-order valence-corrected chi connectivity index (χ4v) is 3.10. The van der Waals surface area contributed by atoms with Gasteiger partial charge in [-0.05, 0) is 6.07 Å². The number of aliphatic hydroxyl groups excluding tert-OH is 1. The summed E-state index contributed by atoms with van der Waals surface area (Å²) in [5.41, 5.74) is 0.532. The molecule has 30 heavy (non-hydrogen) atoms. The van der Waals surface area contributed by atoms with Crippen molar-refractivity contribution in [3.63, 3.8) is 0 Å². The summed E-state index contributed by atoms with van der Waals surface area (Å²) in [5.74, 6) is 0.272. The molecule has 1 unspecified atom stereocenters. The van der Waals surface area contributed by atoms with E-state index in [9.17, 15) is 23.1 Å². The second-order valence-corrected chi connectivity index (χ2v) is 6.92. The number of hydrogen-bond acceptors (Lipinski definition) is 8. The van der Waals surface area contributed by atoms with Crippen LogP contribution in [0, 0.1) is 0 Å². The number of β-amino-alcohol motifs (C(OH)–C–C–N with tert-alkyl or cyclic N) is 1. The van der Waals surface area contributed by atoms with Gasteiger partial charge in [0.2, 0.25) is 11.8 Å². The van der Waals surface area contributed by atoms with Crippen LogP contribution in [-0.4, -0.2) is 70.6 Å². The number of pyridine rings is 1. The molecule has 0 aromatic carbocycles. The van der Waals surface area contributed by atoms with Crippen LogP contribution < -0.4 is 19.3 Å². The van der Waals surface area contributed by atoms with Crippen molar-refractivity contribution >= 4 is 17.5 Å². The average molecular weight is 425 g/mol. The first-order chi connectivity index (χ1) is 14.3. The molecule has 2 aromatic heterocycles. The highest BCUT2D eigenvalue weighted by atomic mass is 19.4. The number of amides is 1. The van der Waals surface area contributed by atoms with E-state index in [-0.39, 0.29) is 23.6 Å². The SMILES string of the molecule is O=C1C(Oc2ccc(OCC(F)(F)F)nc2)CCN1c1cnc(N2CC(O)C2)nc1. The molecule has 0 spiro atoms. The van der Waals surface area contributed by atoms with E-state index < -0.39 is 18.9 Å². The molecule has 0 saturated carbocycles. The van der Waals surface area contributed by atoms with Crippen LogP contribution >= 0.6 is 0 Å². The monoisotopic (exact) mass is 425 g/mol. The Morgan fingerprint density at radius 1 is 1.13 bits per heavy atom. The van der Waals surface area contributed by atoms with Gasteiger partial charge in [-0.25, -0.2) is 15.0 Å². The molecule has 0 aliphatic carbocycles. The molecule has 1 amide bonds. The van der Waals surface area contributed by atoms with Gasteiger partial charge < -0.3 is 24.4 Å². The molecule has 4 rings (SSSR count). The van der Waals surface area contributed by atoms with Gasteiger partial charge in [0.05, 0.1) is 30.4 Å². The van der Waals surface area contributed by atoms with Crippen LogP contribution in [0.5, 0.6) is 11.6 Å². The maximum atomic E-state index is 12.7. The van der Waals surface area contributed by atoms with Crippen molar-refractivity contribution in [3.05, 3.63) is 30.7 Å². The zero-order valence-corrected chi connectivity index (χ0v) is 15.6. The summed E-state index contributed by atoms with van der Waals surface area (Å²) in [6.45, 7) is -0.0672. The molecule has 1 atom stereocenters. The Morgan fingerprint density at radius 3 is 2.47 bits per heavy atom. The highest BCUT2D eigenvalue weighted by Gasteiger charge is 2.35. The molecule has 1 N–H and O–H groups in total. The summed E-state index contributed by atoms with van der Waals surface area (Å²) in [6.07, 6.45) is -0.852. The summed E-state index contributed by atoms with van der Waals surface area (Å²) in [4.78, 5) is 28.2. The Hall–Kier alpha value is -3.15. The largest absolute Gasteiger partial charge is 0.479 e. The number of ether oxygens (including phenoxy) is 2. The average Bonchev–Trinajstić information content (AvgIpc) is 3.05. The van der Waals surface area contributed by atoms with Crippen LogP contribution in [-0.2, 0) is 4.79 Å². The summed E-state index contributed by atoms with van der Waals surface area (Å²) in [5, 5.41) is 9.35. The maximum Gasteiger partial charge on any atom is 0.422 e. The second-order valence-electron chi connectivity index (χ2n) is 6.92. The van der Waals surface area contributed by atoms with Crippen LogP contribution in [0.2, 0.25) is 0 Å². The Bertz CT molecular complexity index is 888. The number of carbonyl (C=O) groups excluding carboxylic acids is 1. The first kappa shape index (κ1) is 20.1. The van der Waals surface area contributed by atoms with Crippen molar-refractivity contribution < 1.29 is 32.5 Å². The predicted octanol–water partition coefficient (Wildman–Crippen LogP) is 1.18. The van der Waals surface area contributed by atoms with E-state index in [0.717, 1.165) is 0 Å². The highest BCUT2D eigenvalue weighted by Crippen LogP contribution is 2.26. The van der Waals surface area contributed by atoms with E-state index in [4.69, 9.17) is 4.74 Å². The minimum atomic E-state index is -4.45. The standard InChI is InChI=1S/C18H18F3N5O4/c19-18(20,21)10-29-15-2-1-13(7-22-15)30-14-3-4-26(16(14)28)11-5-23-17(24-6-11)25-8-12(27)9-25/h1-2,5-7,12,14,27H,3-4,8-10H2. The molecular formula is C18H18F3N5O4. The maximum absolute atomic E-state index is 12.7. The van der Waals surface area contributed by atoms with E-state index in [2.05, 4.69) is 19.7 Å². The van der Waals surface area contributed by atoms with E-state index in [0.29, 0.717) is 37.7 Å². The van der Waals surface area contributed by atoms with Gasteiger partial charge in [0.25, 0.3) is 5.91 Å². The molecule has 0 radical (unpaired) electrons. The minimum Gasteiger partial charge on any atom is -0.479 e. The van der Waals surface area contributed by atoms with Gasteiger partial charge in [0.15, 0.2) is 12.7 Å². The molecule has 4 heterocycles. The zero-order chi connectivity index (χ0) is 21.3. The molecule has 2 saturated heterocycles. The highest BCUT2D eigenvalue weighted by molar-refractivity contribution is 5.98. The number of aliphatic hydroxyl groups is 1. The molecule has 2 aliphatic heterocycles. The van der Waals surface area contributed by atoms with Gasteiger partial charge in [-0.15, -0.1) is 0 Å². The third-order valence-electron chi connectivity index (χ3n) is 4.61. The summed E-state index contributed by atoms with van der Waals surface area (Å²) in [6, 6.07) is 2.64. The van der Waals surface area contributed by atoms with Crippen LogP contribution in [0.1, 0.15) is 6.42 Å². The Morgan fingerprint density at radius 2 is 1.87 bits per heavy atom. The zero-order valence-electron chi connectivity index (χ0n) is 15.6.